The van der Waals surface area contributed by atoms with Crippen molar-refractivity contribution in [2.75, 3.05) is 34.4 Å². The van der Waals surface area contributed by atoms with E-state index in [0.29, 0.717) is 22.8 Å². The molecule has 5 heteroatoms. The smallest absolute Gasteiger partial charge is 0.254 e. The first-order chi connectivity index (χ1) is 12.1. The van der Waals surface area contributed by atoms with Gasteiger partial charge in [0.25, 0.3) is 5.91 Å². The van der Waals surface area contributed by atoms with E-state index < -0.39 is 0 Å². The van der Waals surface area contributed by atoms with E-state index in [0.717, 1.165) is 32.4 Å². The number of ether oxygens (including phenoxy) is 3. The third-order valence-electron chi connectivity index (χ3n) is 5.42. The van der Waals surface area contributed by atoms with Crippen LogP contribution in [-0.4, -0.2) is 45.2 Å². The highest BCUT2D eigenvalue weighted by Gasteiger charge is 2.37. The van der Waals surface area contributed by atoms with E-state index in [1.807, 2.05) is 4.90 Å². The molecule has 0 unspecified atom stereocenters. The number of likely N-dealkylation sites (tertiary alicyclic amines) is 1. The molecule has 0 aromatic heterocycles. The van der Waals surface area contributed by atoms with Gasteiger partial charge in [-0.25, -0.2) is 0 Å². The molecule has 1 aliphatic carbocycles. The summed E-state index contributed by atoms with van der Waals surface area (Å²) < 4.78 is 16.1. The number of nitrogens with zero attached hydrogens (tertiary/aromatic N) is 1. The molecule has 136 valence electrons. The summed E-state index contributed by atoms with van der Waals surface area (Å²) in [5.41, 5.74) is 0.835. The predicted molar refractivity (Wildman–Crippen MR) is 96.7 cm³/mol. The summed E-state index contributed by atoms with van der Waals surface area (Å²) in [7, 11) is 4.69. The summed E-state index contributed by atoms with van der Waals surface area (Å²) in [6, 6.07) is 3.48. The fourth-order valence-electron chi connectivity index (χ4n) is 4.08. The van der Waals surface area contributed by atoms with E-state index in [1.54, 1.807) is 33.5 Å². The van der Waals surface area contributed by atoms with Crippen molar-refractivity contribution in [1.29, 1.82) is 0 Å². The van der Waals surface area contributed by atoms with Gasteiger partial charge in [0.15, 0.2) is 11.5 Å². The molecule has 25 heavy (non-hydrogen) atoms. The molecule has 5 nitrogen and oxygen atoms in total. The lowest BCUT2D eigenvalue weighted by atomic mass is 9.71. The van der Waals surface area contributed by atoms with Crippen molar-refractivity contribution in [1.82, 2.24) is 4.90 Å². The largest absolute Gasteiger partial charge is 0.493 e. The summed E-state index contributed by atoms with van der Waals surface area (Å²) in [5, 5.41) is 0. The molecular weight excluding hydrogens is 318 g/mol. The standard InChI is InChI=1S/C20H27NO4/c1-23-16-12-15(13-17(24-2)18(16)25-3)19(22)21-11-7-10-20(14-21)8-5-4-6-9-20/h4-5,12-13H,6-11,14H2,1-3H3/t20-/m0/s1. The number of amides is 1. The first-order valence-corrected chi connectivity index (χ1v) is 8.87. The third-order valence-corrected chi connectivity index (χ3v) is 5.42. The quantitative estimate of drug-likeness (QED) is 0.781. The Morgan fingerprint density at radius 3 is 2.32 bits per heavy atom. The molecule has 1 amide bonds. The van der Waals surface area contributed by atoms with Crippen LogP contribution in [0.25, 0.3) is 0 Å². The van der Waals surface area contributed by atoms with Gasteiger partial charge in [0, 0.05) is 18.7 Å². The lowest BCUT2D eigenvalue weighted by molar-refractivity contribution is 0.0484. The molecule has 1 aliphatic heterocycles. The van der Waals surface area contributed by atoms with E-state index >= 15 is 0 Å². The minimum absolute atomic E-state index is 0.0351. The van der Waals surface area contributed by atoms with Crippen LogP contribution in [0, 0.1) is 5.41 Å². The Labute approximate surface area is 149 Å². The second kappa shape index (κ2) is 7.38. The molecular formula is C20H27NO4. The SMILES string of the molecule is COc1cc(C(=O)N2CCC[C@@]3(CC=CCC3)C2)cc(OC)c1OC. The first kappa shape index (κ1) is 17.6. The van der Waals surface area contributed by atoms with Gasteiger partial charge < -0.3 is 19.1 Å². The minimum Gasteiger partial charge on any atom is -0.493 e. The number of carbonyl (C=O) groups excluding carboxylic acids is 1. The zero-order chi connectivity index (χ0) is 17.9. The van der Waals surface area contributed by atoms with Crippen LogP contribution in [0.4, 0.5) is 0 Å². The minimum atomic E-state index is 0.0351. The summed E-state index contributed by atoms with van der Waals surface area (Å²) in [4.78, 5) is 15.1. The van der Waals surface area contributed by atoms with Crippen molar-refractivity contribution in [2.24, 2.45) is 5.41 Å². The molecule has 2 aliphatic rings. The number of carbonyl (C=O) groups is 1. The van der Waals surface area contributed by atoms with Crippen LogP contribution in [-0.2, 0) is 0 Å². The van der Waals surface area contributed by atoms with E-state index in [9.17, 15) is 4.79 Å². The molecule has 1 aromatic rings. The third kappa shape index (κ3) is 3.46. The highest BCUT2D eigenvalue weighted by molar-refractivity contribution is 5.95. The fourth-order valence-corrected chi connectivity index (χ4v) is 4.08. The summed E-state index contributed by atoms with van der Waals surface area (Å²) in [6.07, 6.45) is 10.2. The van der Waals surface area contributed by atoms with Crippen LogP contribution in [0.5, 0.6) is 17.2 Å². The Hall–Kier alpha value is -2.17. The average Bonchev–Trinajstić information content (AvgIpc) is 2.66. The van der Waals surface area contributed by atoms with Crippen LogP contribution in [0.2, 0.25) is 0 Å². The van der Waals surface area contributed by atoms with Gasteiger partial charge >= 0.3 is 0 Å². The summed E-state index contributed by atoms with van der Waals surface area (Å²) >= 11 is 0. The second-order valence-corrected chi connectivity index (χ2v) is 6.96. The first-order valence-electron chi connectivity index (χ1n) is 8.87. The van der Waals surface area contributed by atoms with Gasteiger partial charge in [-0.3, -0.25) is 4.79 Å². The summed E-state index contributed by atoms with van der Waals surface area (Å²) in [6.45, 7) is 1.63. The van der Waals surface area contributed by atoms with Crippen molar-refractivity contribution in [3.63, 3.8) is 0 Å². The van der Waals surface area contributed by atoms with Crippen molar-refractivity contribution in [3.8, 4) is 17.2 Å². The van der Waals surface area contributed by atoms with Crippen molar-refractivity contribution < 1.29 is 19.0 Å². The van der Waals surface area contributed by atoms with E-state index in [4.69, 9.17) is 14.2 Å². The van der Waals surface area contributed by atoms with E-state index in [-0.39, 0.29) is 11.3 Å². The lowest BCUT2D eigenvalue weighted by Gasteiger charge is -2.44. The van der Waals surface area contributed by atoms with Gasteiger partial charge in [-0.15, -0.1) is 0 Å². The van der Waals surface area contributed by atoms with Gasteiger partial charge in [-0.1, -0.05) is 12.2 Å². The van der Waals surface area contributed by atoms with Gasteiger partial charge in [-0.2, -0.15) is 0 Å². The Kier molecular flexibility index (Phi) is 5.21. The molecule has 1 spiro atoms. The highest BCUT2D eigenvalue weighted by Crippen LogP contribution is 2.42. The molecule has 0 radical (unpaired) electrons. The van der Waals surface area contributed by atoms with Crippen LogP contribution < -0.4 is 14.2 Å². The van der Waals surface area contributed by atoms with Gasteiger partial charge in [0.05, 0.1) is 21.3 Å². The van der Waals surface area contributed by atoms with Crippen LogP contribution in [0.1, 0.15) is 42.5 Å². The zero-order valence-corrected chi connectivity index (χ0v) is 15.3. The van der Waals surface area contributed by atoms with E-state index in [1.165, 1.54) is 12.8 Å². The number of piperidine rings is 1. The lowest BCUT2D eigenvalue weighted by Crippen LogP contribution is -2.46. The monoisotopic (exact) mass is 345 g/mol. The molecule has 1 heterocycles. The number of benzene rings is 1. The maximum Gasteiger partial charge on any atom is 0.254 e. The molecule has 1 fully saturated rings. The van der Waals surface area contributed by atoms with Crippen molar-refractivity contribution in [3.05, 3.63) is 29.8 Å². The molecule has 1 aromatic carbocycles. The van der Waals surface area contributed by atoms with Crippen LogP contribution in [0.15, 0.2) is 24.3 Å². The van der Waals surface area contributed by atoms with Gasteiger partial charge in [-0.05, 0) is 49.7 Å². The van der Waals surface area contributed by atoms with Crippen molar-refractivity contribution in [2.45, 2.75) is 32.1 Å². The molecule has 1 saturated heterocycles. The van der Waals surface area contributed by atoms with E-state index in [2.05, 4.69) is 12.2 Å². The molecule has 3 rings (SSSR count). The van der Waals surface area contributed by atoms with Crippen LogP contribution >= 0.6 is 0 Å². The predicted octanol–water partition coefficient (Wildman–Crippen LogP) is 3.67. The highest BCUT2D eigenvalue weighted by atomic mass is 16.5. The second-order valence-electron chi connectivity index (χ2n) is 6.96. The Balaban J connectivity index is 1.86. The maximum absolute atomic E-state index is 13.1. The number of methoxy groups -OCH3 is 3. The Morgan fingerprint density at radius 1 is 1.04 bits per heavy atom. The Bertz CT molecular complexity index is 645. The van der Waals surface area contributed by atoms with Gasteiger partial charge in [0.2, 0.25) is 5.75 Å². The maximum atomic E-state index is 13.1. The zero-order valence-electron chi connectivity index (χ0n) is 15.3. The number of hydrogen-bond donors (Lipinski definition) is 0. The van der Waals surface area contributed by atoms with Crippen molar-refractivity contribution >= 4 is 5.91 Å². The normalized spacial score (nSPS) is 22.8. The topological polar surface area (TPSA) is 48.0 Å². The molecule has 0 saturated carbocycles. The molecule has 0 bridgehead atoms. The van der Waals surface area contributed by atoms with Gasteiger partial charge in [0.1, 0.15) is 0 Å². The Morgan fingerprint density at radius 2 is 1.76 bits per heavy atom. The number of rotatable bonds is 4. The molecule has 1 atom stereocenters. The fraction of sp³-hybridized carbons (Fsp3) is 0.550. The molecule has 0 N–H and O–H groups in total. The number of hydrogen-bond acceptors (Lipinski definition) is 4. The summed E-state index contributed by atoms with van der Waals surface area (Å²) in [5.74, 6) is 1.57. The van der Waals surface area contributed by atoms with Crippen LogP contribution in [0.3, 0.4) is 0 Å². The number of allylic oxidation sites excluding steroid dienone is 2. The average molecular weight is 345 g/mol.